The van der Waals surface area contributed by atoms with Gasteiger partial charge in [0.05, 0.1) is 18.5 Å². The van der Waals surface area contributed by atoms with Gasteiger partial charge in [-0.1, -0.05) is 11.6 Å². The molecule has 1 aliphatic heterocycles. The second-order valence-corrected chi connectivity index (χ2v) is 4.29. The van der Waals surface area contributed by atoms with Crippen LogP contribution in [0.25, 0.3) is 0 Å². The first kappa shape index (κ1) is 11.4. The average Bonchev–Trinajstić information content (AvgIpc) is 2.78. The normalized spacial score (nSPS) is 20.0. The lowest BCUT2D eigenvalue weighted by Gasteiger charge is -2.11. The molecule has 1 aromatic rings. The fourth-order valence-electron chi connectivity index (χ4n) is 1.63. The Balaban J connectivity index is 2.04. The van der Waals surface area contributed by atoms with Crippen LogP contribution in [0.15, 0.2) is 11.0 Å². The number of rotatable bonds is 3. The predicted octanol–water partition coefficient (Wildman–Crippen LogP) is 0.882. The van der Waals surface area contributed by atoms with Crippen molar-refractivity contribution in [2.75, 3.05) is 25.1 Å². The fourth-order valence-corrected chi connectivity index (χ4v) is 1.87. The SMILES string of the molecule is Cn1ncc(NCC2CCOC2)c(Cl)c1=O. The number of anilines is 1. The van der Waals surface area contributed by atoms with Crippen molar-refractivity contribution >= 4 is 17.3 Å². The lowest BCUT2D eigenvalue weighted by molar-refractivity contribution is 0.187. The van der Waals surface area contributed by atoms with Crippen LogP contribution >= 0.6 is 11.6 Å². The molecule has 0 radical (unpaired) electrons. The van der Waals surface area contributed by atoms with Crippen LogP contribution in [-0.2, 0) is 11.8 Å². The molecule has 1 atom stereocenters. The molecule has 1 saturated heterocycles. The number of aryl methyl sites for hydroxylation is 1. The van der Waals surface area contributed by atoms with Crippen molar-refractivity contribution in [2.24, 2.45) is 13.0 Å². The first-order valence-electron chi connectivity index (χ1n) is 5.22. The van der Waals surface area contributed by atoms with Gasteiger partial charge in [0, 0.05) is 26.1 Å². The summed E-state index contributed by atoms with van der Waals surface area (Å²) in [6.45, 7) is 2.34. The summed E-state index contributed by atoms with van der Waals surface area (Å²) in [5.74, 6) is 0.486. The van der Waals surface area contributed by atoms with Crippen LogP contribution in [0.4, 0.5) is 5.69 Å². The number of hydrogen-bond donors (Lipinski definition) is 1. The molecule has 5 nitrogen and oxygen atoms in total. The molecule has 0 aromatic carbocycles. The molecular formula is C10H14ClN3O2. The molecule has 0 amide bonds. The Kier molecular flexibility index (Phi) is 3.46. The summed E-state index contributed by atoms with van der Waals surface area (Å²) in [4.78, 5) is 11.5. The van der Waals surface area contributed by atoms with Crippen molar-refractivity contribution in [2.45, 2.75) is 6.42 Å². The molecule has 0 saturated carbocycles. The van der Waals surface area contributed by atoms with Gasteiger partial charge in [-0.2, -0.15) is 5.10 Å². The van der Waals surface area contributed by atoms with Gasteiger partial charge in [0.2, 0.25) is 0 Å². The van der Waals surface area contributed by atoms with Crippen LogP contribution in [0.2, 0.25) is 5.02 Å². The monoisotopic (exact) mass is 243 g/mol. The lowest BCUT2D eigenvalue weighted by atomic mass is 10.1. The second-order valence-electron chi connectivity index (χ2n) is 3.91. The Labute approximate surface area is 98.4 Å². The summed E-state index contributed by atoms with van der Waals surface area (Å²) >= 11 is 5.92. The summed E-state index contributed by atoms with van der Waals surface area (Å²) < 4.78 is 6.48. The Morgan fingerprint density at radius 2 is 2.56 bits per heavy atom. The van der Waals surface area contributed by atoms with Crippen LogP contribution in [-0.4, -0.2) is 29.5 Å². The maximum Gasteiger partial charge on any atom is 0.287 e. The van der Waals surface area contributed by atoms with E-state index in [1.165, 1.54) is 4.68 Å². The molecule has 1 unspecified atom stereocenters. The fraction of sp³-hybridized carbons (Fsp3) is 0.600. The first-order valence-corrected chi connectivity index (χ1v) is 5.59. The van der Waals surface area contributed by atoms with Crippen LogP contribution < -0.4 is 10.9 Å². The zero-order valence-corrected chi connectivity index (χ0v) is 9.83. The average molecular weight is 244 g/mol. The summed E-state index contributed by atoms with van der Waals surface area (Å²) in [5, 5.41) is 7.24. The molecule has 16 heavy (non-hydrogen) atoms. The maximum atomic E-state index is 11.5. The van der Waals surface area contributed by atoms with E-state index in [4.69, 9.17) is 16.3 Å². The van der Waals surface area contributed by atoms with E-state index in [1.54, 1.807) is 13.2 Å². The molecule has 1 N–H and O–H groups in total. The molecule has 0 spiro atoms. The Morgan fingerprint density at radius 1 is 1.75 bits per heavy atom. The lowest BCUT2D eigenvalue weighted by Crippen LogP contribution is -2.22. The Morgan fingerprint density at radius 3 is 3.25 bits per heavy atom. The summed E-state index contributed by atoms with van der Waals surface area (Å²) in [5.41, 5.74) is 0.311. The van der Waals surface area contributed by atoms with Gasteiger partial charge in [-0.05, 0) is 6.42 Å². The maximum absolute atomic E-state index is 11.5. The third kappa shape index (κ3) is 2.36. The molecule has 0 bridgehead atoms. The molecular weight excluding hydrogens is 230 g/mol. The number of hydrogen-bond acceptors (Lipinski definition) is 4. The van der Waals surface area contributed by atoms with E-state index < -0.39 is 0 Å². The van der Waals surface area contributed by atoms with Gasteiger partial charge in [-0.3, -0.25) is 4.79 Å². The third-order valence-electron chi connectivity index (χ3n) is 2.68. The topological polar surface area (TPSA) is 56.1 Å². The van der Waals surface area contributed by atoms with Crippen molar-refractivity contribution in [3.05, 3.63) is 21.6 Å². The van der Waals surface area contributed by atoms with Crippen molar-refractivity contribution in [1.82, 2.24) is 9.78 Å². The summed E-state index contributed by atoms with van der Waals surface area (Å²) in [6, 6.07) is 0. The summed E-state index contributed by atoms with van der Waals surface area (Å²) in [7, 11) is 1.57. The molecule has 2 heterocycles. The highest BCUT2D eigenvalue weighted by atomic mass is 35.5. The van der Waals surface area contributed by atoms with Gasteiger partial charge in [0.1, 0.15) is 5.02 Å². The van der Waals surface area contributed by atoms with Crippen LogP contribution in [0.1, 0.15) is 6.42 Å². The number of halogens is 1. The smallest absolute Gasteiger partial charge is 0.287 e. The standard InChI is InChI=1S/C10H14ClN3O2/c1-14-10(15)9(11)8(5-13-14)12-4-7-2-3-16-6-7/h5,7,12H,2-4,6H2,1H3. The van der Waals surface area contributed by atoms with Gasteiger partial charge in [-0.25, -0.2) is 4.68 Å². The largest absolute Gasteiger partial charge is 0.382 e. The number of nitrogens with zero attached hydrogens (tertiary/aromatic N) is 2. The first-order chi connectivity index (χ1) is 7.68. The molecule has 1 aliphatic rings. The van der Waals surface area contributed by atoms with Crippen molar-refractivity contribution in [1.29, 1.82) is 0 Å². The van der Waals surface area contributed by atoms with Gasteiger partial charge >= 0.3 is 0 Å². The number of aromatic nitrogens is 2. The van der Waals surface area contributed by atoms with Gasteiger partial charge < -0.3 is 10.1 Å². The van der Waals surface area contributed by atoms with Gasteiger partial charge in [0.25, 0.3) is 5.56 Å². The van der Waals surface area contributed by atoms with Gasteiger partial charge in [-0.15, -0.1) is 0 Å². The molecule has 6 heteroatoms. The highest BCUT2D eigenvalue weighted by Gasteiger charge is 2.16. The second kappa shape index (κ2) is 4.84. The minimum Gasteiger partial charge on any atom is -0.382 e. The van der Waals surface area contributed by atoms with Crippen molar-refractivity contribution < 1.29 is 4.74 Å². The Bertz CT molecular complexity index is 427. The van der Waals surface area contributed by atoms with Crippen molar-refractivity contribution in [3.8, 4) is 0 Å². The van der Waals surface area contributed by atoms with E-state index >= 15 is 0 Å². The molecule has 1 fully saturated rings. The molecule has 88 valence electrons. The number of nitrogens with one attached hydrogen (secondary N) is 1. The van der Waals surface area contributed by atoms with E-state index in [0.29, 0.717) is 11.6 Å². The Hall–Kier alpha value is -1.07. The van der Waals surface area contributed by atoms with E-state index in [0.717, 1.165) is 26.2 Å². The molecule has 2 rings (SSSR count). The zero-order chi connectivity index (χ0) is 11.5. The quantitative estimate of drug-likeness (QED) is 0.857. The highest BCUT2D eigenvalue weighted by Crippen LogP contribution is 2.18. The summed E-state index contributed by atoms with van der Waals surface area (Å²) in [6.07, 6.45) is 2.61. The van der Waals surface area contributed by atoms with Crippen LogP contribution in [0.3, 0.4) is 0 Å². The highest BCUT2D eigenvalue weighted by molar-refractivity contribution is 6.32. The van der Waals surface area contributed by atoms with E-state index in [1.807, 2.05) is 0 Å². The van der Waals surface area contributed by atoms with Crippen LogP contribution in [0.5, 0.6) is 0 Å². The minimum atomic E-state index is -0.283. The zero-order valence-electron chi connectivity index (χ0n) is 9.07. The minimum absolute atomic E-state index is 0.191. The predicted molar refractivity (Wildman–Crippen MR) is 61.9 cm³/mol. The van der Waals surface area contributed by atoms with Crippen molar-refractivity contribution in [3.63, 3.8) is 0 Å². The van der Waals surface area contributed by atoms with Gasteiger partial charge in [0.15, 0.2) is 0 Å². The molecule has 0 aliphatic carbocycles. The number of ether oxygens (including phenoxy) is 1. The van der Waals surface area contributed by atoms with E-state index in [9.17, 15) is 4.79 Å². The van der Waals surface area contributed by atoms with Crippen LogP contribution in [0, 0.1) is 5.92 Å². The van der Waals surface area contributed by atoms with E-state index in [-0.39, 0.29) is 10.6 Å². The third-order valence-corrected chi connectivity index (χ3v) is 3.05. The van der Waals surface area contributed by atoms with E-state index in [2.05, 4.69) is 10.4 Å². The molecule has 1 aromatic heterocycles.